The third-order valence-electron chi connectivity index (χ3n) is 4.57. The van der Waals surface area contributed by atoms with Gasteiger partial charge in [0, 0.05) is 10.9 Å². The Labute approximate surface area is 94.9 Å². The number of rotatable bonds is 1. The zero-order valence-electron chi connectivity index (χ0n) is 8.91. The van der Waals surface area contributed by atoms with Gasteiger partial charge in [0.15, 0.2) is 0 Å². The molecule has 3 atom stereocenters. The van der Waals surface area contributed by atoms with E-state index in [-0.39, 0.29) is 0 Å². The molecule has 2 heterocycles. The zero-order chi connectivity index (χ0) is 9.83. The van der Waals surface area contributed by atoms with Gasteiger partial charge in [0.25, 0.3) is 0 Å². The van der Waals surface area contributed by atoms with Crippen molar-refractivity contribution in [2.75, 3.05) is 6.54 Å². The van der Waals surface area contributed by atoms with Gasteiger partial charge in [-0.05, 0) is 67.0 Å². The van der Waals surface area contributed by atoms with Crippen molar-refractivity contribution in [1.82, 2.24) is 5.32 Å². The molecule has 1 aromatic heterocycles. The summed E-state index contributed by atoms with van der Waals surface area (Å²) < 4.78 is 0. The molecule has 0 spiro atoms. The molecular formula is C13H17NS. The minimum atomic E-state index is 0.710. The Hall–Kier alpha value is -0.340. The first kappa shape index (κ1) is 8.77. The molecule has 0 bridgehead atoms. The van der Waals surface area contributed by atoms with Crippen LogP contribution in [0.25, 0.3) is 0 Å². The average molecular weight is 219 g/mol. The number of fused-ring (bicyclic) bond motifs is 2. The molecule has 4 rings (SSSR count). The molecule has 1 N–H and O–H groups in total. The molecule has 2 fully saturated rings. The van der Waals surface area contributed by atoms with Crippen molar-refractivity contribution < 1.29 is 0 Å². The van der Waals surface area contributed by atoms with Gasteiger partial charge in [0.1, 0.15) is 0 Å². The van der Waals surface area contributed by atoms with Gasteiger partial charge in [0.2, 0.25) is 0 Å². The van der Waals surface area contributed by atoms with E-state index in [0.717, 1.165) is 17.8 Å². The molecule has 2 heteroatoms. The Morgan fingerprint density at radius 2 is 1.93 bits per heavy atom. The second kappa shape index (κ2) is 3.08. The molecular weight excluding hydrogens is 202 g/mol. The highest BCUT2D eigenvalue weighted by molar-refractivity contribution is 7.10. The minimum Gasteiger partial charge on any atom is -0.309 e. The van der Waals surface area contributed by atoms with Gasteiger partial charge >= 0.3 is 0 Å². The van der Waals surface area contributed by atoms with Crippen molar-refractivity contribution in [3.63, 3.8) is 0 Å². The Morgan fingerprint density at radius 1 is 1.13 bits per heavy atom. The second-order valence-electron chi connectivity index (χ2n) is 5.48. The van der Waals surface area contributed by atoms with Crippen LogP contribution in [-0.2, 0) is 6.42 Å². The van der Waals surface area contributed by atoms with Gasteiger partial charge in [-0.2, -0.15) is 0 Å². The third-order valence-corrected chi connectivity index (χ3v) is 5.62. The molecule has 80 valence electrons. The topological polar surface area (TPSA) is 12.0 Å². The van der Waals surface area contributed by atoms with Crippen LogP contribution in [0.1, 0.15) is 35.7 Å². The van der Waals surface area contributed by atoms with Gasteiger partial charge in [-0.3, -0.25) is 0 Å². The summed E-state index contributed by atoms with van der Waals surface area (Å²) in [5.41, 5.74) is 1.63. The molecule has 15 heavy (non-hydrogen) atoms. The predicted molar refractivity (Wildman–Crippen MR) is 63.1 cm³/mol. The van der Waals surface area contributed by atoms with Gasteiger partial charge < -0.3 is 5.32 Å². The largest absolute Gasteiger partial charge is 0.309 e. The minimum absolute atomic E-state index is 0.710. The van der Waals surface area contributed by atoms with E-state index in [4.69, 9.17) is 0 Å². The van der Waals surface area contributed by atoms with E-state index in [0.29, 0.717) is 6.04 Å². The monoisotopic (exact) mass is 219 g/mol. The van der Waals surface area contributed by atoms with Gasteiger partial charge in [-0.1, -0.05) is 0 Å². The summed E-state index contributed by atoms with van der Waals surface area (Å²) in [6, 6.07) is 3.05. The first-order valence-corrected chi connectivity index (χ1v) is 7.09. The van der Waals surface area contributed by atoms with Gasteiger partial charge in [0.05, 0.1) is 0 Å². The maximum absolute atomic E-state index is 3.75. The fourth-order valence-corrected chi connectivity index (χ4v) is 4.82. The van der Waals surface area contributed by atoms with Crippen LogP contribution in [0.4, 0.5) is 0 Å². The Morgan fingerprint density at radius 3 is 2.80 bits per heavy atom. The molecule has 3 aliphatic rings. The van der Waals surface area contributed by atoms with Gasteiger partial charge in [-0.25, -0.2) is 0 Å². The van der Waals surface area contributed by atoms with Crippen molar-refractivity contribution in [2.24, 2.45) is 17.8 Å². The van der Waals surface area contributed by atoms with Crippen LogP contribution >= 0.6 is 11.3 Å². The SMILES string of the molecule is c1cc2c(s1)C(C1CC3CC3C1)NCC2. The lowest BCUT2D eigenvalue weighted by molar-refractivity contribution is 0.335. The predicted octanol–water partition coefficient (Wildman–Crippen LogP) is 2.98. The number of hydrogen-bond donors (Lipinski definition) is 1. The van der Waals surface area contributed by atoms with Crippen molar-refractivity contribution in [3.8, 4) is 0 Å². The molecule has 3 unspecified atom stereocenters. The highest BCUT2D eigenvalue weighted by Gasteiger charge is 2.48. The fourth-order valence-electron chi connectivity index (χ4n) is 3.70. The molecule has 1 nitrogen and oxygen atoms in total. The highest BCUT2D eigenvalue weighted by Crippen LogP contribution is 2.57. The van der Waals surface area contributed by atoms with Gasteiger partial charge in [-0.15, -0.1) is 11.3 Å². The van der Waals surface area contributed by atoms with E-state index < -0.39 is 0 Å². The van der Waals surface area contributed by atoms with Crippen LogP contribution in [0, 0.1) is 17.8 Å². The summed E-state index contributed by atoms with van der Waals surface area (Å²) in [4.78, 5) is 1.66. The molecule has 2 saturated carbocycles. The van der Waals surface area contributed by atoms with Crippen molar-refractivity contribution in [1.29, 1.82) is 0 Å². The third kappa shape index (κ3) is 1.31. The summed E-state index contributed by atoms with van der Waals surface area (Å²) in [6.07, 6.45) is 5.79. The van der Waals surface area contributed by atoms with Crippen LogP contribution in [0.2, 0.25) is 0 Å². The van der Waals surface area contributed by atoms with Crippen LogP contribution in [0.3, 0.4) is 0 Å². The number of hydrogen-bond acceptors (Lipinski definition) is 2. The highest BCUT2D eigenvalue weighted by atomic mass is 32.1. The molecule has 0 aromatic carbocycles. The van der Waals surface area contributed by atoms with Crippen LogP contribution in [0.15, 0.2) is 11.4 Å². The summed E-state index contributed by atoms with van der Waals surface area (Å²) >= 11 is 1.97. The van der Waals surface area contributed by atoms with E-state index in [1.807, 2.05) is 11.3 Å². The first-order valence-electron chi connectivity index (χ1n) is 6.21. The molecule has 0 amide bonds. The van der Waals surface area contributed by atoms with E-state index in [1.165, 1.54) is 25.8 Å². The lowest BCUT2D eigenvalue weighted by Crippen LogP contribution is -2.33. The Balaban J connectivity index is 1.62. The number of nitrogens with one attached hydrogen (secondary N) is 1. The molecule has 0 saturated heterocycles. The van der Waals surface area contributed by atoms with Crippen LogP contribution < -0.4 is 5.32 Å². The average Bonchev–Trinajstić information content (AvgIpc) is 2.72. The molecule has 0 radical (unpaired) electrons. The van der Waals surface area contributed by atoms with E-state index in [1.54, 1.807) is 16.9 Å². The molecule has 2 aliphatic carbocycles. The van der Waals surface area contributed by atoms with Crippen LogP contribution in [-0.4, -0.2) is 6.54 Å². The van der Waals surface area contributed by atoms with Crippen molar-refractivity contribution >= 4 is 11.3 Å². The fraction of sp³-hybridized carbons (Fsp3) is 0.692. The van der Waals surface area contributed by atoms with E-state index >= 15 is 0 Å². The Kier molecular flexibility index (Phi) is 1.80. The lowest BCUT2D eigenvalue weighted by Gasteiger charge is -2.30. The smallest absolute Gasteiger partial charge is 0.0446 e. The van der Waals surface area contributed by atoms with Crippen LogP contribution in [0.5, 0.6) is 0 Å². The summed E-state index contributed by atoms with van der Waals surface area (Å²) in [7, 11) is 0. The standard InChI is InChI=1S/C13H17NS/c1-3-14-12(13-8(1)2-4-15-13)11-6-9-5-10(9)7-11/h2,4,9-12,14H,1,3,5-7H2. The molecule has 1 aliphatic heterocycles. The normalized spacial score (nSPS) is 42.4. The first-order chi connectivity index (χ1) is 7.42. The Bertz CT molecular complexity index is 374. The summed E-state index contributed by atoms with van der Waals surface area (Å²) in [5.74, 6) is 3.18. The summed E-state index contributed by atoms with van der Waals surface area (Å²) in [5, 5.41) is 6.03. The van der Waals surface area contributed by atoms with E-state index in [9.17, 15) is 0 Å². The second-order valence-corrected chi connectivity index (χ2v) is 6.43. The molecule has 1 aromatic rings. The zero-order valence-corrected chi connectivity index (χ0v) is 9.72. The maximum atomic E-state index is 3.75. The van der Waals surface area contributed by atoms with E-state index in [2.05, 4.69) is 16.8 Å². The maximum Gasteiger partial charge on any atom is 0.0446 e. The van der Waals surface area contributed by atoms with Crippen molar-refractivity contribution in [2.45, 2.75) is 31.7 Å². The van der Waals surface area contributed by atoms with Crippen molar-refractivity contribution in [3.05, 3.63) is 21.9 Å². The number of thiophene rings is 1. The summed E-state index contributed by atoms with van der Waals surface area (Å²) in [6.45, 7) is 1.19. The quantitative estimate of drug-likeness (QED) is 0.765. The lowest BCUT2D eigenvalue weighted by atomic mass is 9.89.